The number of aromatic nitrogens is 5. The van der Waals surface area contributed by atoms with Crippen LogP contribution in [-0.4, -0.2) is 116 Å². The number of amides is 4. The van der Waals surface area contributed by atoms with Crippen LogP contribution in [0.15, 0.2) is 41.5 Å². The number of likely N-dealkylation sites (tertiary alicyclic amines) is 3. The Labute approximate surface area is 284 Å². The van der Waals surface area contributed by atoms with Crippen LogP contribution in [0.25, 0.3) is 22.1 Å². The summed E-state index contributed by atoms with van der Waals surface area (Å²) in [5.41, 5.74) is 4.05. The fourth-order valence-electron chi connectivity index (χ4n) is 8.11. The maximum atomic E-state index is 14.3. The highest BCUT2D eigenvalue weighted by molar-refractivity contribution is 5.88. The molecule has 3 fully saturated rings. The first-order valence-corrected chi connectivity index (χ1v) is 17.4. The van der Waals surface area contributed by atoms with E-state index in [0.29, 0.717) is 64.2 Å². The van der Waals surface area contributed by atoms with E-state index in [-0.39, 0.29) is 41.0 Å². The van der Waals surface area contributed by atoms with Crippen molar-refractivity contribution in [1.29, 1.82) is 0 Å². The summed E-state index contributed by atoms with van der Waals surface area (Å²) in [5, 5.41) is 14.3. The zero-order chi connectivity index (χ0) is 34.3. The lowest BCUT2D eigenvalue weighted by Gasteiger charge is -2.40. The van der Waals surface area contributed by atoms with Crippen molar-refractivity contribution < 1.29 is 14.4 Å². The molecule has 7 rings (SSSR count). The van der Waals surface area contributed by atoms with Gasteiger partial charge in [0.2, 0.25) is 11.8 Å². The van der Waals surface area contributed by atoms with E-state index in [4.69, 9.17) is 0 Å². The number of aromatic amines is 2. The minimum Gasteiger partial charge on any atom is -0.341 e. The van der Waals surface area contributed by atoms with E-state index in [0.717, 1.165) is 46.8 Å². The van der Waals surface area contributed by atoms with Crippen LogP contribution in [0.1, 0.15) is 56.2 Å². The van der Waals surface area contributed by atoms with Crippen molar-refractivity contribution in [2.24, 2.45) is 5.41 Å². The monoisotopic (exact) mass is 670 g/mol. The smallest absolute Gasteiger partial charge is 0.327 e. The Morgan fingerprint density at radius 1 is 1.02 bits per heavy atom. The third kappa shape index (κ3) is 6.41. The number of benzene rings is 1. The van der Waals surface area contributed by atoms with Gasteiger partial charge < -0.3 is 25.3 Å². The van der Waals surface area contributed by atoms with Gasteiger partial charge in [-0.3, -0.25) is 24.2 Å². The molecule has 3 aliphatic heterocycles. The van der Waals surface area contributed by atoms with Crippen LogP contribution in [0.2, 0.25) is 0 Å². The number of hydrogen-bond acceptors (Lipinski definition) is 7. The largest absolute Gasteiger partial charge is 0.341 e. The van der Waals surface area contributed by atoms with Crippen LogP contribution in [-0.2, 0) is 16.0 Å². The second-order valence-corrected chi connectivity index (χ2v) is 14.2. The number of nitrogens with zero attached hydrogens (tertiary/aromatic N) is 6. The minimum atomic E-state index is -0.746. The number of carbonyl (C=O) groups is 3. The van der Waals surface area contributed by atoms with Gasteiger partial charge in [-0.2, -0.15) is 5.10 Å². The van der Waals surface area contributed by atoms with Gasteiger partial charge in [0.15, 0.2) is 5.65 Å². The summed E-state index contributed by atoms with van der Waals surface area (Å²) in [7, 11) is 1.80. The number of pyridine rings is 1. The lowest BCUT2D eigenvalue weighted by Crippen LogP contribution is -2.54. The van der Waals surface area contributed by atoms with Crippen molar-refractivity contribution in [2.45, 2.75) is 70.5 Å². The third-order valence-corrected chi connectivity index (χ3v) is 11.1. The van der Waals surface area contributed by atoms with E-state index < -0.39 is 6.04 Å². The molecule has 0 radical (unpaired) electrons. The van der Waals surface area contributed by atoms with Gasteiger partial charge in [-0.05, 0) is 87.7 Å². The molecular formula is C35H46N10O4. The lowest BCUT2D eigenvalue weighted by molar-refractivity contribution is -0.136. The first-order valence-electron chi connectivity index (χ1n) is 17.4. The van der Waals surface area contributed by atoms with Crippen LogP contribution in [0.4, 0.5) is 4.79 Å². The number of hydrogen-bond donors (Lipinski definition) is 4. The lowest BCUT2D eigenvalue weighted by atomic mass is 9.77. The second kappa shape index (κ2) is 13.3. The zero-order valence-corrected chi connectivity index (χ0v) is 28.5. The minimum absolute atomic E-state index is 0.0198. The number of carbonyl (C=O) groups excluding carboxylic acids is 3. The summed E-state index contributed by atoms with van der Waals surface area (Å²) in [6.07, 6.45) is 7.62. The van der Waals surface area contributed by atoms with E-state index >= 15 is 0 Å². The van der Waals surface area contributed by atoms with Gasteiger partial charge in [-0.25, -0.2) is 14.6 Å². The number of imidazole rings is 1. The highest BCUT2D eigenvalue weighted by Gasteiger charge is 2.44. The molecule has 0 bridgehead atoms. The molecule has 6 heterocycles. The van der Waals surface area contributed by atoms with Crippen LogP contribution in [0.3, 0.4) is 0 Å². The summed E-state index contributed by atoms with van der Waals surface area (Å²) in [6, 6.07) is 6.49. The van der Waals surface area contributed by atoms with Gasteiger partial charge in [-0.1, -0.05) is 6.07 Å². The predicted molar refractivity (Wildman–Crippen MR) is 185 cm³/mol. The molecule has 2 atom stereocenters. The molecular weight excluding hydrogens is 624 g/mol. The Kier molecular flexibility index (Phi) is 8.90. The van der Waals surface area contributed by atoms with E-state index in [2.05, 4.69) is 36.9 Å². The first kappa shape index (κ1) is 32.8. The van der Waals surface area contributed by atoms with Gasteiger partial charge in [-0.15, -0.1) is 0 Å². The molecule has 3 saturated heterocycles. The summed E-state index contributed by atoms with van der Waals surface area (Å²) in [6.45, 7) is 7.45. The summed E-state index contributed by atoms with van der Waals surface area (Å²) < 4.78 is 1.75. The number of fused-ring (bicyclic) bond motifs is 2. The molecule has 4 N–H and O–H groups in total. The van der Waals surface area contributed by atoms with Crippen LogP contribution >= 0.6 is 0 Å². The number of nitrogens with one attached hydrogen (secondary N) is 4. The number of rotatable bonds is 7. The molecule has 14 nitrogen and oxygen atoms in total. The van der Waals surface area contributed by atoms with Gasteiger partial charge in [0.05, 0.1) is 23.3 Å². The molecule has 260 valence electrons. The van der Waals surface area contributed by atoms with Gasteiger partial charge in [0, 0.05) is 63.3 Å². The summed E-state index contributed by atoms with van der Waals surface area (Å²) in [5.74, 6) is 0.0377. The maximum Gasteiger partial charge on any atom is 0.327 e. The van der Waals surface area contributed by atoms with Crippen molar-refractivity contribution in [3.63, 3.8) is 0 Å². The number of likely N-dealkylation sites (N-methyl/N-ethyl adjacent to an activating group) is 1. The van der Waals surface area contributed by atoms with Crippen molar-refractivity contribution in [3.8, 4) is 0 Å². The first-order chi connectivity index (χ1) is 23.6. The van der Waals surface area contributed by atoms with Crippen LogP contribution in [0, 0.1) is 12.3 Å². The normalized spacial score (nSPS) is 19.5. The molecule has 0 aliphatic carbocycles. The van der Waals surface area contributed by atoms with Crippen LogP contribution in [0.5, 0.6) is 0 Å². The molecule has 3 aliphatic rings. The standard InChI is InChI=1S/C35H46N10O4/c1-22-17-24(18-25-20-38-41-29(22)25)19-27(32(47)44-16-10-35(21-44)8-14-42(15-9-35)31(46)23(2)36-3)39-33(48)43-12-6-26(7-13-43)45-28-5-4-11-37-30(28)40-34(45)49/h4-5,11,17-18,20,23,26-27,36H,6-10,12-16,19,21H2,1-3H3,(H,38,41)(H,39,48)(H,37,40,49)/t23-,27-/m0/s1. The average Bonchev–Trinajstić information content (AvgIpc) is 3.84. The van der Waals surface area contributed by atoms with E-state index in [1.54, 1.807) is 28.9 Å². The maximum absolute atomic E-state index is 14.3. The second-order valence-electron chi connectivity index (χ2n) is 14.2. The Morgan fingerprint density at radius 2 is 1.76 bits per heavy atom. The van der Waals surface area contributed by atoms with Gasteiger partial charge >= 0.3 is 11.7 Å². The summed E-state index contributed by atoms with van der Waals surface area (Å²) >= 11 is 0. The van der Waals surface area contributed by atoms with E-state index in [9.17, 15) is 19.2 Å². The predicted octanol–water partition coefficient (Wildman–Crippen LogP) is 2.32. The van der Waals surface area contributed by atoms with Crippen molar-refractivity contribution in [3.05, 3.63) is 58.3 Å². The average molecular weight is 671 g/mol. The highest BCUT2D eigenvalue weighted by Crippen LogP contribution is 2.41. The molecule has 49 heavy (non-hydrogen) atoms. The Bertz CT molecular complexity index is 1910. The van der Waals surface area contributed by atoms with Gasteiger partial charge in [0.1, 0.15) is 6.04 Å². The Balaban J connectivity index is 1.04. The molecule has 1 aromatic carbocycles. The molecule has 0 unspecified atom stereocenters. The highest BCUT2D eigenvalue weighted by atomic mass is 16.2. The molecule has 14 heteroatoms. The number of urea groups is 1. The van der Waals surface area contributed by atoms with E-state index in [1.807, 2.05) is 41.8 Å². The quantitative estimate of drug-likeness (QED) is 0.234. The van der Waals surface area contributed by atoms with Crippen molar-refractivity contribution in [1.82, 2.24) is 50.1 Å². The summed E-state index contributed by atoms with van der Waals surface area (Å²) in [4.78, 5) is 66.4. The van der Waals surface area contributed by atoms with Crippen LogP contribution < -0.4 is 16.3 Å². The number of H-pyrrole nitrogens is 2. The molecule has 1 spiro atoms. The number of piperidine rings is 2. The fraction of sp³-hybridized carbons (Fsp3) is 0.543. The van der Waals surface area contributed by atoms with Crippen molar-refractivity contribution in [2.75, 3.05) is 46.3 Å². The molecule has 4 aromatic rings. The SMILES string of the molecule is CN[C@@H](C)C(=O)N1CCC2(CC1)CCN(C(=O)[C@H](Cc1cc(C)c3[nH]ncc3c1)NC(=O)N1CCC(n3c(=O)[nH]c4ncccc43)CC1)C2. The van der Waals surface area contributed by atoms with Crippen molar-refractivity contribution >= 4 is 39.9 Å². The fourth-order valence-corrected chi connectivity index (χ4v) is 8.11. The molecule has 0 saturated carbocycles. The third-order valence-electron chi connectivity index (χ3n) is 11.1. The van der Waals surface area contributed by atoms with Gasteiger partial charge in [0.25, 0.3) is 0 Å². The topological polar surface area (TPSA) is 164 Å². The molecule has 4 amide bonds. The number of aryl methyl sites for hydroxylation is 1. The Morgan fingerprint density at radius 3 is 2.49 bits per heavy atom. The Hall–Kier alpha value is -4.72. The zero-order valence-electron chi connectivity index (χ0n) is 28.5. The molecule has 3 aromatic heterocycles. The van der Waals surface area contributed by atoms with E-state index in [1.165, 1.54) is 0 Å².